The van der Waals surface area contributed by atoms with Crippen molar-refractivity contribution in [2.45, 2.75) is 24.9 Å². The molecule has 0 bridgehead atoms. The van der Waals surface area contributed by atoms with Crippen molar-refractivity contribution in [2.24, 2.45) is 0 Å². The van der Waals surface area contributed by atoms with Crippen LogP contribution in [0.1, 0.15) is 12.8 Å². The highest BCUT2D eigenvalue weighted by Gasteiger charge is 2.42. The SMILES string of the molecule is CNC(=O)Cn1ccc2ccc(NC(=O)C3(n4cccn4)CCNCC3)cc21.Cl. The summed E-state index contributed by atoms with van der Waals surface area (Å²) in [7, 11) is 1.62. The number of hydrogen-bond acceptors (Lipinski definition) is 4. The number of nitrogens with one attached hydrogen (secondary N) is 3. The Bertz CT molecular complexity index is 992. The number of rotatable bonds is 5. The Labute approximate surface area is 175 Å². The van der Waals surface area contributed by atoms with Crippen LogP contribution >= 0.6 is 12.4 Å². The highest BCUT2D eigenvalue weighted by atomic mass is 35.5. The minimum Gasteiger partial charge on any atom is -0.358 e. The molecule has 0 radical (unpaired) electrons. The van der Waals surface area contributed by atoms with Gasteiger partial charge in [0.2, 0.25) is 5.91 Å². The molecule has 3 aromatic rings. The second kappa shape index (κ2) is 8.67. The first-order chi connectivity index (χ1) is 13.6. The van der Waals surface area contributed by atoms with Gasteiger partial charge in [0.25, 0.3) is 5.91 Å². The summed E-state index contributed by atoms with van der Waals surface area (Å²) in [5.74, 6) is -0.138. The number of benzene rings is 1. The summed E-state index contributed by atoms with van der Waals surface area (Å²) >= 11 is 0. The third kappa shape index (κ3) is 3.99. The van der Waals surface area contributed by atoms with E-state index in [4.69, 9.17) is 0 Å². The van der Waals surface area contributed by atoms with Crippen molar-refractivity contribution in [1.82, 2.24) is 25.0 Å². The van der Waals surface area contributed by atoms with Gasteiger partial charge in [-0.1, -0.05) is 6.07 Å². The van der Waals surface area contributed by atoms with E-state index in [0.29, 0.717) is 18.5 Å². The number of carbonyl (C=O) groups excluding carboxylic acids is 2. The Balaban J connectivity index is 0.00000240. The van der Waals surface area contributed by atoms with Gasteiger partial charge in [-0.05, 0) is 55.6 Å². The van der Waals surface area contributed by atoms with Crippen LogP contribution in [0.4, 0.5) is 5.69 Å². The summed E-state index contributed by atoms with van der Waals surface area (Å²) in [6, 6.07) is 9.56. The van der Waals surface area contributed by atoms with Crippen molar-refractivity contribution in [1.29, 1.82) is 0 Å². The fourth-order valence-electron chi connectivity index (χ4n) is 3.80. The second-order valence-electron chi connectivity index (χ2n) is 7.08. The molecule has 1 aromatic carbocycles. The number of amides is 2. The van der Waals surface area contributed by atoms with E-state index in [1.165, 1.54) is 0 Å². The van der Waals surface area contributed by atoms with Crippen LogP contribution < -0.4 is 16.0 Å². The lowest BCUT2D eigenvalue weighted by Crippen LogP contribution is -2.52. The highest BCUT2D eigenvalue weighted by Crippen LogP contribution is 2.29. The van der Waals surface area contributed by atoms with Crippen LogP contribution in [0, 0.1) is 0 Å². The van der Waals surface area contributed by atoms with Crippen molar-refractivity contribution in [3.63, 3.8) is 0 Å². The van der Waals surface area contributed by atoms with Crippen LogP contribution in [-0.2, 0) is 21.7 Å². The first-order valence-corrected chi connectivity index (χ1v) is 9.44. The maximum Gasteiger partial charge on any atom is 0.252 e. The molecule has 0 atom stereocenters. The van der Waals surface area contributed by atoms with E-state index in [1.807, 2.05) is 47.3 Å². The summed E-state index contributed by atoms with van der Waals surface area (Å²) in [4.78, 5) is 25.0. The van der Waals surface area contributed by atoms with Gasteiger partial charge in [0, 0.05) is 31.3 Å². The fraction of sp³-hybridized carbons (Fsp3) is 0.350. The van der Waals surface area contributed by atoms with Crippen LogP contribution in [-0.4, -0.2) is 46.3 Å². The number of fused-ring (bicyclic) bond motifs is 1. The largest absolute Gasteiger partial charge is 0.358 e. The molecule has 8 nitrogen and oxygen atoms in total. The summed E-state index contributed by atoms with van der Waals surface area (Å²) in [5.41, 5.74) is 0.910. The summed E-state index contributed by atoms with van der Waals surface area (Å²) < 4.78 is 3.65. The average Bonchev–Trinajstić information content (AvgIpc) is 3.39. The molecular weight excluding hydrogens is 392 g/mol. The molecule has 0 aliphatic carbocycles. The number of nitrogens with zero attached hydrogens (tertiary/aromatic N) is 3. The topological polar surface area (TPSA) is 93.0 Å². The summed E-state index contributed by atoms with van der Waals surface area (Å²) in [5, 5.41) is 14.4. The molecule has 0 unspecified atom stereocenters. The number of likely N-dealkylation sites (N-methyl/N-ethyl adjacent to an activating group) is 1. The normalized spacial score (nSPS) is 15.5. The molecule has 1 fully saturated rings. The molecule has 2 aromatic heterocycles. The Hall–Kier alpha value is -2.84. The first kappa shape index (κ1) is 20.9. The zero-order valence-corrected chi connectivity index (χ0v) is 17.0. The summed E-state index contributed by atoms with van der Waals surface area (Å²) in [6.07, 6.45) is 6.78. The van der Waals surface area contributed by atoms with Crippen LogP contribution in [0.2, 0.25) is 0 Å². The Morgan fingerprint density at radius 3 is 2.69 bits per heavy atom. The Morgan fingerprint density at radius 2 is 2.00 bits per heavy atom. The summed E-state index contributed by atoms with van der Waals surface area (Å²) in [6.45, 7) is 1.77. The van der Waals surface area contributed by atoms with Gasteiger partial charge in [-0.2, -0.15) is 5.10 Å². The van der Waals surface area contributed by atoms with Gasteiger partial charge in [0.05, 0.1) is 5.52 Å². The molecule has 9 heteroatoms. The zero-order valence-electron chi connectivity index (χ0n) is 16.2. The van der Waals surface area contributed by atoms with E-state index in [0.717, 1.165) is 24.0 Å². The fourth-order valence-corrected chi connectivity index (χ4v) is 3.80. The minimum absolute atomic E-state index is 0. The lowest BCUT2D eigenvalue weighted by atomic mass is 9.87. The lowest BCUT2D eigenvalue weighted by Gasteiger charge is -2.36. The number of halogens is 1. The molecule has 3 N–H and O–H groups in total. The molecule has 0 saturated carbocycles. The molecule has 3 heterocycles. The maximum atomic E-state index is 13.3. The molecular formula is C20H25ClN6O2. The number of aromatic nitrogens is 3. The quantitative estimate of drug-likeness (QED) is 0.590. The maximum absolute atomic E-state index is 13.3. The molecule has 1 aliphatic rings. The highest BCUT2D eigenvalue weighted by molar-refractivity contribution is 5.98. The zero-order chi connectivity index (χ0) is 19.6. The predicted octanol–water partition coefficient (Wildman–Crippen LogP) is 1.72. The molecule has 154 valence electrons. The Morgan fingerprint density at radius 1 is 1.21 bits per heavy atom. The third-order valence-electron chi connectivity index (χ3n) is 5.42. The van der Waals surface area contributed by atoms with Crippen molar-refractivity contribution in [3.05, 3.63) is 48.9 Å². The predicted molar refractivity (Wildman–Crippen MR) is 114 cm³/mol. The first-order valence-electron chi connectivity index (χ1n) is 9.44. The number of carbonyl (C=O) groups is 2. The van der Waals surface area contributed by atoms with Crippen LogP contribution in [0.5, 0.6) is 0 Å². The molecule has 0 spiro atoms. The molecule has 2 amide bonds. The van der Waals surface area contributed by atoms with Gasteiger partial charge >= 0.3 is 0 Å². The van der Waals surface area contributed by atoms with Crippen molar-refractivity contribution in [3.8, 4) is 0 Å². The lowest BCUT2D eigenvalue weighted by molar-refractivity contribution is -0.126. The van der Waals surface area contributed by atoms with Gasteiger partial charge in [-0.15, -0.1) is 12.4 Å². The van der Waals surface area contributed by atoms with Gasteiger partial charge in [-0.25, -0.2) is 0 Å². The third-order valence-corrected chi connectivity index (χ3v) is 5.42. The number of anilines is 1. The van der Waals surface area contributed by atoms with E-state index >= 15 is 0 Å². The van der Waals surface area contributed by atoms with Gasteiger partial charge in [0.1, 0.15) is 12.1 Å². The minimum atomic E-state index is -0.701. The average molecular weight is 417 g/mol. The van der Waals surface area contributed by atoms with E-state index in [-0.39, 0.29) is 30.8 Å². The van der Waals surface area contributed by atoms with E-state index < -0.39 is 5.54 Å². The monoisotopic (exact) mass is 416 g/mol. The van der Waals surface area contributed by atoms with Gasteiger partial charge < -0.3 is 20.5 Å². The van der Waals surface area contributed by atoms with Crippen molar-refractivity contribution in [2.75, 3.05) is 25.5 Å². The van der Waals surface area contributed by atoms with Crippen molar-refractivity contribution < 1.29 is 9.59 Å². The number of hydrogen-bond donors (Lipinski definition) is 3. The smallest absolute Gasteiger partial charge is 0.252 e. The van der Waals surface area contributed by atoms with E-state index in [2.05, 4.69) is 21.0 Å². The Kier molecular flexibility index (Phi) is 6.24. The van der Waals surface area contributed by atoms with Gasteiger partial charge in [0.15, 0.2) is 0 Å². The van der Waals surface area contributed by atoms with E-state index in [1.54, 1.807) is 17.9 Å². The second-order valence-corrected chi connectivity index (χ2v) is 7.08. The van der Waals surface area contributed by atoms with Crippen molar-refractivity contribution >= 4 is 40.8 Å². The van der Waals surface area contributed by atoms with Crippen LogP contribution in [0.15, 0.2) is 48.9 Å². The number of piperidine rings is 1. The molecule has 4 rings (SSSR count). The standard InChI is InChI=1S/C20H24N6O2.ClH/c1-21-18(27)14-25-12-5-15-3-4-16(13-17(15)25)24-19(28)20(6-9-22-10-7-20)26-11-2-8-23-26;/h2-5,8,11-13,22H,6-7,9-10,14H2,1H3,(H,21,27)(H,24,28);1H. The van der Waals surface area contributed by atoms with Gasteiger partial charge in [-0.3, -0.25) is 14.3 Å². The molecule has 1 aliphatic heterocycles. The molecule has 29 heavy (non-hydrogen) atoms. The van der Waals surface area contributed by atoms with Crippen LogP contribution in [0.25, 0.3) is 10.9 Å². The molecule has 1 saturated heterocycles. The van der Waals surface area contributed by atoms with Crippen LogP contribution in [0.3, 0.4) is 0 Å². The van der Waals surface area contributed by atoms with E-state index in [9.17, 15) is 9.59 Å².